The van der Waals surface area contributed by atoms with Gasteiger partial charge in [-0.25, -0.2) is 0 Å². The summed E-state index contributed by atoms with van der Waals surface area (Å²) in [5.41, 5.74) is 6.91. The van der Waals surface area contributed by atoms with Crippen LogP contribution in [0.3, 0.4) is 0 Å². The maximum absolute atomic E-state index is 12.0. The maximum Gasteiger partial charge on any atom is 0.269 e. The summed E-state index contributed by atoms with van der Waals surface area (Å²) in [5, 5.41) is 5.13. The zero-order valence-electron chi connectivity index (χ0n) is 14.7. The van der Waals surface area contributed by atoms with Crippen LogP contribution in [0.15, 0.2) is 54.6 Å². The summed E-state index contributed by atoms with van der Waals surface area (Å²) < 4.78 is 0. The number of aryl methyl sites for hydroxylation is 1. The predicted octanol–water partition coefficient (Wildman–Crippen LogP) is 1.91. The van der Waals surface area contributed by atoms with Crippen molar-refractivity contribution in [2.75, 3.05) is 5.32 Å². The molecule has 0 heterocycles. The number of thiocarbonyl (C=S) groups is 1. The Balaban J connectivity index is 1.73. The second-order valence-electron chi connectivity index (χ2n) is 5.70. The van der Waals surface area contributed by atoms with Crippen LogP contribution < -0.4 is 21.5 Å². The standard InChI is InChI=1S/C19H20N4O3S/c1-13(24)20-16-10-8-15(9-11-16)18(26)22-23-19(27)21-17(25)12-7-14-5-3-2-4-6-14/h2-6,8-11H,7,12H2,1H3,(H,20,24)(H,22,26)(H2,21,23,25,27). The number of rotatable bonds is 5. The smallest absolute Gasteiger partial charge is 0.269 e. The van der Waals surface area contributed by atoms with E-state index in [0.29, 0.717) is 17.7 Å². The third-order valence-corrected chi connectivity index (χ3v) is 3.70. The van der Waals surface area contributed by atoms with E-state index in [1.165, 1.54) is 6.92 Å². The number of carbonyl (C=O) groups excluding carboxylic acids is 3. The summed E-state index contributed by atoms with van der Waals surface area (Å²) in [5.74, 6) is -0.863. The number of amides is 3. The van der Waals surface area contributed by atoms with Gasteiger partial charge in [-0.3, -0.25) is 25.2 Å². The average molecular weight is 384 g/mol. The van der Waals surface area contributed by atoms with E-state index < -0.39 is 5.91 Å². The van der Waals surface area contributed by atoms with E-state index in [1.54, 1.807) is 24.3 Å². The molecule has 3 amide bonds. The quantitative estimate of drug-likeness (QED) is 0.466. The van der Waals surface area contributed by atoms with Gasteiger partial charge in [0, 0.05) is 24.6 Å². The van der Waals surface area contributed by atoms with Crippen molar-refractivity contribution in [2.45, 2.75) is 19.8 Å². The van der Waals surface area contributed by atoms with Gasteiger partial charge in [-0.15, -0.1) is 0 Å². The first-order valence-electron chi connectivity index (χ1n) is 8.26. The van der Waals surface area contributed by atoms with Crippen LogP contribution in [0.1, 0.15) is 29.3 Å². The van der Waals surface area contributed by atoms with E-state index in [0.717, 1.165) is 5.56 Å². The Morgan fingerprint density at radius 1 is 0.926 bits per heavy atom. The van der Waals surface area contributed by atoms with Gasteiger partial charge in [-0.2, -0.15) is 0 Å². The SMILES string of the molecule is CC(=O)Nc1ccc(C(=O)NNC(=S)NC(=O)CCc2ccccc2)cc1. The lowest BCUT2D eigenvalue weighted by molar-refractivity contribution is -0.119. The van der Waals surface area contributed by atoms with Gasteiger partial charge in [-0.05, 0) is 48.5 Å². The number of hydrogen-bond acceptors (Lipinski definition) is 4. The van der Waals surface area contributed by atoms with Crippen LogP contribution >= 0.6 is 12.2 Å². The van der Waals surface area contributed by atoms with Crippen LogP contribution in [-0.4, -0.2) is 22.8 Å². The molecule has 7 nitrogen and oxygen atoms in total. The van der Waals surface area contributed by atoms with Gasteiger partial charge in [0.05, 0.1) is 0 Å². The molecular weight excluding hydrogens is 364 g/mol. The maximum atomic E-state index is 12.0. The van der Waals surface area contributed by atoms with Gasteiger partial charge in [-0.1, -0.05) is 30.3 Å². The van der Waals surface area contributed by atoms with Crippen LogP contribution in [0.5, 0.6) is 0 Å². The minimum Gasteiger partial charge on any atom is -0.326 e. The summed E-state index contributed by atoms with van der Waals surface area (Å²) >= 11 is 4.99. The van der Waals surface area contributed by atoms with Crippen LogP contribution in [0, 0.1) is 0 Å². The van der Waals surface area contributed by atoms with Crippen molar-refractivity contribution in [2.24, 2.45) is 0 Å². The highest BCUT2D eigenvalue weighted by atomic mass is 32.1. The third-order valence-electron chi connectivity index (χ3n) is 3.49. The summed E-state index contributed by atoms with van der Waals surface area (Å²) in [6, 6.07) is 16.0. The number of benzene rings is 2. The number of carbonyl (C=O) groups is 3. The minimum atomic E-state index is -0.426. The number of nitrogens with one attached hydrogen (secondary N) is 4. The highest BCUT2D eigenvalue weighted by Crippen LogP contribution is 2.09. The molecule has 0 unspecified atom stereocenters. The average Bonchev–Trinajstić information content (AvgIpc) is 2.65. The Morgan fingerprint density at radius 3 is 2.22 bits per heavy atom. The Hall–Kier alpha value is -3.26. The molecule has 4 N–H and O–H groups in total. The molecule has 0 spiro atoms. The van der Waals surface area contributed by atoms with E-state index in [2.05, 4.69) is 21.5 Å². The minimum absolute atomic E-state index is 0.0104. The van der Waals surface area contributed by atoms with Crippen molar-refractivity contribution >= 4 is 40.7 Å². The molecule has 0 aliphatic heterocycles. The van der Waals surface area contributed by atoms with Crippen LogP contribution in [0.2, 0.25) is 0 Å². The Kier molecular flexibility index (Phi) is 7.45. The predicted molar refractivity (Wildman–Crippen MR) is 107 cm³/mol. The molecule has 0 aromatic heterocycles. The fraction of sp³-hybridized carbons (Fsp3) is 0.158. The van der Waals surface area contributed by atoms with Gasteiger partial charge in [0.1, 0.15) is 0 Å². The molecule has 2 aromatic carbocycles. The zero-order chi connectivity index (χ0) is 19.6. The molecule has 0 aliphatic rings. The lowest BCUT2D eigenvalue weighted by Gasteiger charge is -2.11. The van der Waals surface area contributed by atoms with Crippen molar-refractivity contribution in [1.29, 1.82) is 0 Å². The van der Waals surface area contributed by atoms with E-state index in [9.17, 15) is 14.4 Å². The lowest BCUT2D eigenvalue weighted by atomic mass is 10.1. The molecule has 0 aliphatic carbocycles. The molecule has 8 heteroatoms. The van der Waals surface area contributed by atoms with E-state index in [1.807, 2.05) is 30.3 Å². The fourth-order valence-electron chi connectivity index (χ4n) is 2.22. The van der Waals surface area contributed by atoms with Crippen molar-refractivity contribution in [3.8, 4) is 0 Å². The first kappa shape index (κ1) is 20.1. The van der Waals surface area contributed by atoms with Crippen LogP contribution in [-0.2, 0) is 16.0 Å². The van der Waals surface area contributed by atoms with Crippen molar-refractivity contribution < 1.29 is 14.4 Å². The molecule has 2 aromatic rings. The molecule has 0 atom stereocenters. The molecule has 0 fully saturated rings. The topological polar surface area (TPSA) is 99.3 Å². The van der Waals surface area contributed by atoms with Crippen molar-refractivity contribution in [3.63, 3.8) is 0 Å². The molecule has 27 heavy (non-hydrogen) atoms. The second kappa shape index (κ2) is 10.0. The fourth-order valence-corrected chi connectivity index (χ4v) is 2.38. The third kappa shape index (κ3) is 7.25. The molecular formula is C19H20N4O3S. The molecule has 140 valence electrons. The molecule has 0 saturated carbocycles. The summed E-state index contributed by atoms with van der Waals surface area (Å²) in [6.45, 7) is 1.40. The van der Waals surface area contributed by atoms with Crippen molar-refractivity contribution in [1.82, 2.24) is 16.2 Å². The van der Waals surface area contributed by atoms with Crippen LogP contribution in [0.25, 0.3) is 0 Å². The van der Waals surface area contributed by atoms with E-state index in [-0.39, 0.29) is 23.3 Å². The van der Waals surface area contributed by atoms with Gasteiger partial charge >= 0.3 is 0 Å². The largest absolute Gasteiger partial charge is 0.326 e. The van der Waals surface area contributed by atoms with Gasteiger partial charge < -0.3 is 10.6 Å². The summed E-state index contributed by atoms with van der Waals surface area (Å²) in [7, 11) is 0. The molecule has 0 radical (unpaired) electrons. The molecule has 0 saturated heterocycles. The zero-order valence-corrected chi connectivity index (χ0v) is 15.6. The van der Waals surface area contributed by atoms with E-state index in [4.69, 9.17) is 12.2 Å². The summed E-state index contributed by atoms with van der Waals surface area (Å²) in [6.07, 6.45) is 0.882. The molecule has 2 rings (SSSR count). The van der Waals surface area contributed by atoms with Gasteiger partial charge in [0.25, 0.3) is 5.91 Å². The highest BCUT2D eigenvalue weighted by molar-refractivity contribution is 7.80. The summed E-state index contributed by atoms with van der Waals surface area (Å²) in [4.78, 5) is 34.9. The Labute approximate surface area is 162 Å². The molecule has 0 bridgehead atoms. The highest BCUT2D eigenvalue weighted by Gasteiger charge is 2.08. The second-order valence-corrected chi connectivity index (χ2v) is 6.11. The van der Waals surface area contributed by atoms with Gasteiger partial charge in [0.2, 0.25) is 11.8 Å². The normalized spacial score (nSPS) is 9.81. The Bertz CT molecular complexity index is 823. The number of anilines is 1. The van der Waals surface area contributed by atoms with Gasteiger partial charge in [0.15, 0.2) is 5.11 Å². The van der Waals surface area contributed by atoms with E-state index >= 15 is 0 Å². The number of hydrazine groups is 1. The first-order chi connectivity index (χ1) is 12.9. The number of hydrogen-bond donors (Lipinski definition) is 4. The lowest BCUT2D eigenvalue weighted by Crippen LogP contribution is -2.48. The first-order valence-corrected chi connectivity index (χ1v) is 8.66. The monoisotopic (exact) mass is 384 g/mol. The Morgan fingerprint density at radius 2 is 1.59 bits per heavy atom. The van der Waals surface area contributed by atoms with Crippen LogP contribution in [0.4, 0.5) is 5.69 Å². The van der Waals surface area contributed by atoms with Crippen molar-refractivity contribution in [3.05, 3.63) is 65.7 Å².